The zero-order valence-corrected chi connectivity index (χ0v) is 25.5. The molecule has 0 atom stereocenters. The molecular formula is C33H38IPSi. The van der Waals surface area contributed by atoms with Gasteiger partial charge >= 0.3 is 0 Å². The highest BCUT2D eigenvalue weighted by atomic mass is 127. The average molecular weight is 621 g/mol. The molecule has 0 N–H and O–H groups in total. The van der Waals surface area contributed by atoms with Crippen LogP contribution in [0.2, 0.25) is 18.1 Å². The van der Waals surface area contributed by atoms with Gasteiger partial charge in [-0.05, 0) is 55.2 Å². The third-order valence-electron chi connectivity index (χ3n) is 8.30. The van der Waals surface area contributed by atoms with E-state index < -0.39 is 15.3 Å². The molecule has 0 spiro atoms. The summed E-state index contributed by atoms with van der Waals surface area (Å²) in [5.41, 5.74) is 0. The summed E-state index contributed by atoms with van der Waals surface area (Å²) < 4.78 is 0. The summed E-state index contributed by atoms with van der Waals surface area (Å²) >= 11 is 0. The molecule has 4 aromatic carbocycles. The number of hydrogen-bond donors (Lipinski definition) is 0. The van der Waals surface area contributed by atoms with Crippen molar-refractivity contribution in [1.82, 2.24) is 0 Å². The van der Waals surface area contributed by atoms with Gasteiger partial charge in [0.25, 0.3) is 0 Å². The van der Waals surface area contributed by atoms with E-state index in [0.29, 0.717) is 0 Å². The van der Waals surface area contributed by atoms with Gasteiger partial charge in [0.2, 0.25) is 0 Å². The summed E-state index contributed by atoms with van der Waals surface area (Å²) in [6.45, 7) is 2.39. The normalized spacial score (nSPS) is 19.9. The smallest absolute Gasteiger partial charge is 0.112 e. The van der Waals surface area contributed by atoms with Crippen molar-refractivity contribution in [1.29, 1.82) is 0 Å². The van der Waals surface area contributed by atoms with E-state index in [1.165, 1.54) is 59.5 Å². The Kier molecular flexibility index (Phi) is 9.61. The first kappa shape index (κ1) is 27.3. The van der Waals surface area contributed by atoms with Crippen LogP contribution in [0.25, 0.3) is 0 Å². The molecule has 1 heterocycles. The Labute approximate surface area is 236 Å². The van der Waals surface area contributed by atoms with E-state index in [1.807, 2.05) is 0 Å². The predicted molar refractivity (Wildman–Crippen MR) is 159 cm³/mol. The first-order chi connectivity index (χ1) is 17.3. The van der Waals surface area contributed by atoms with E-state index in [2.05, 4.69) is 128 Å². The van der Waals surface area contributed by atoms with Gasteiger partial charge in [-0.3, -0.25) is 0 Å². The van der Waals surface area contributed by atoms with Crippen LogP contribution in [-0.2, 0) is 0 Å². The van der Waals surface area contributed by atoms with Crippen molar-refractivity contribution in [3.05, 3.63) is 121 Å². The maximum Gasteiger partial charge on any atom is 0.112 e. The van der Waals surface area contributed by atoms with Crippen LogP contribution in [0.5, 0.6) is 0 Å². The molecule has 5 rings (SSSR count). The first-order valence-electron chi connectivity index (χ1n) is 13.4. The van der Waals surface area contributed by atoms with E-state index in [4.69, 9.17) is 0 Å². The SMILES string of the molecule is CCC[Si]1(c2ccccc2)CCC(C[P+](c2ccccc2)(c2ccccc2)c2ccccc2)CC1.[I-]. The third kappa shape index (κ3) is 5.56. The molecule has 1 fully saturated rings. The minimum Gasteiger partial charge on any atom is -1.00 e. The third-order valence-corrected chi connectivity index (χ3v) is 18.4. The minimum atomic E-state index is -1.74. The fourth-order valence-electron chi connectivity index (χ4n) is 6.56. The Bertz CT molecular complexity index is 1080. The van der Waals surface area contributed by atoms with Crippen LogP contribution in [0.15, 0.2) is 121 Å². The molecule has 0 radical (unpaired) electrons. The molecular weight excluding hydrogens is 582 g/mol. The zero-order chi connectivity index (χ0) is 24.0. The second kappa shape index (κ2) is 12.7. The van der Waals surface area contributed by atoms with Gasteiger partial charge in [-0.1, -0.05) is 122 Å². The molecule has 0 saturated carbocycles. The van der Waals surface area contributed by atoms with Gasteiger partial charge < -0.3 is 24.0 Å². The molecule has 1 aliphatic rings. The highest BCUT2D eigenvalue weighted by Gasteiger charge is 2.48. The van der Waals surface area contributed by atoms with Gasteiger partial charge in [0.1, 0.15) is 23.2 Å². The lowest BCUT2D eigenvalue weighted by Crippen LogP contribution is -3.00. The molecule has 186 valence electrons. The van der Waals surface area contributed by atoms with E-state index in [9.17, 15) is 0 Å². The second-order valence-corrected chi connectivity index (χ2v) is 18.5. The molecule has 0 bridgehead atoms. The van der Waals surface area contributed by atoms with Crippen LogP contribution in [0.4, 0.5) is 0 Å². The molecule has 36 heavy (non-hydrogen) atoms. The van der Waals surface area contributed by atoms with Crippen LogP contribution in [0.1, 0.15) is 26.2 Å². The largest absolute Gasteiger partial charge is 1.00 e. The monoisotopic (exact) mass is 620 g/mol. The number of hydrogen-bond acceptors (Lipinski definition) is 0. The van der Waals surface area contributed by atoms with E-state index in [1.54, 1.807) is 5.19 Å². The van der Waals surface area contributed by atoms with Gasteiger partial charge in [0.15, 0.2) is 0 Å². The number of halogens is 1. The highest BCUT2D eigenvalue weighted by Crippen LogP contribution is 2.58. The topological polar surface area (TPSA) is 0 Å². The fourth-order valence-corrected chi connectivity index (χ4v) is 16.7. The van der Waals surface area contributed by atoms with Gasteiger partial charge in [0.05, 0.1) is 14.2 Å². The van der Waals surface area contributed by atoms with Crippen LogP contribution >= 0.6 is 7.26 Å². The lowest BCUT2D eigenvalue weighted by molar-refractivity contribution is -0.00000697. The summed E-state index contributed by atoms with van der Waals surface area (Å²) in [6, 6.07) is 50.3. The highest BCUT2D eigenvalue weighted by molar-refractivity contribution is 7.95. The quantitative estimate of drug-likeness (QED) is 0.158. The Morgan fingerprint density at radius 2 is 1.00 bits per heavy atom. The summed E-state index contributed by atoms with van der Waals surface area (Å²) in [4.78, 5) is 0. The van der Waals surface area contributed by atoms with Crippen molar-refractivity contribution in [2.45, 2.75) is 44.3 Å². The summed E-state index contributed by atoms with van der Waals surface area (Å²) in [7, 11) is -3.14. The maximum absolute atomic E-state index is 2.44. The lowest BCUT2D eigenvalue weighted by atomic mass is 10.1. The molecule has 0 amide bonds. The van der Waals surface area contributed by atoms with Crippen molar-refractivity contribution < 1.29 is 24.0 Å². The van der Waals surface area contributed by atoms with Gasteiger partial charge in [-0.25, -0.2) is 0 Å². The summed E-state index contributed by atoms with van der Waals surface area (Å²) in [5.74, 6) is 0.783. The molecule has 0 nitrogen and oxygen atoms in total. The van der Waals surface area contributed by atoms with Crippen molar-refractivity contribution in [2.75, 3.05) is 6.16 Å². The first-order valence-corrected chi connectivity index (χ1v) is 18.0. The fraction of sp³-hybridized carbons (Fsp3) is 0.273. The van der Waals surface area contributed by atoms with E-state index in [0.717, 1.165) is 5.92 Å². The Morgan fingerprint density at radius 1 is 0.611 bits per heavy atom. The zero-order valence-electron chi connectivity index (χ0n) is 21.4. The van der Waals surface area contributed by atoms with Crippen LogP contribution in [0.3, 0.4) is 0 Å². The summed E-state index contributed by atoms with van der Waals surface area (Å²) in [5, 5.41) is 6.30. The minimum absolute atomic E-state index is 0. The molecule has 0 aromatic heterocycles. The maximum atomic E-state index is 2.44. The van der Waals surface area contributed by atoms with Gasteiger partial charge in [-0.2, -0.15) is 0 Å². The second-order valence-electron chi connectivity index (χ2n) is 10.3. The number of benzene rings is 4. The lowest BCUT2D eigenvalue weighted by Gasteiger charge is -2.40. The van der Waals surface area contributed by atoms with Crippen LogP contribution < -0.4 is 45.1 Å². The van der Waals surface area contributed by atoms with Gasteiger partial charge in [-0.15, -0.1) is 0 Å². The standard InChI is InChI=1S/C33H38PSi.HI/c1-2-25-35(33-21-13-6-14-22-33)26-23-29(24-27-35)28-34(30-15-7-3-8-16-30,31-17-9-4-10-18-31)32-19-11-5-12-20-32;/h3-22,29H,2,23-28H2,1H3;1H/q+1;/p-1. The molecule has 0 unspecified atom stereocenters. The molecule has 3 heteroatoms. The van der Waals surface area contributed by atoms with Crippen molar-refractivity contribution in [3.63, 3.8) is 0 Å². The Balaban J connectivity index is 0.00000304. The van der Waals surface area contributed by atoms with Crippen LogP contribution in [-0.4, -0.2) is 14.2 Å². The van der Waals surface area contributed by atoms with Crippen molar-refractivity contribution >= 4 is 36.4 Å². The molecule has 0 aliphatic carbocycles. The molecule has 4 aromatic rings. The van der Waals surface area contributed by atoms with Crippen molar-refractivity contribution in [3.8, 4) is 0 Å². The van der Waals surface area contributed by atoms with E-state index in [-0.39, 0.29) is 24.0 Å². The molecule has 1 aliphatic heterocycles. The number of rotatable bonds is 8. The average Bonchev–Trinajstić information content (AvgIpc) is 2.95. The van der Waals surface area contributed by atoms with Gasteiger partial charge in [0, 0.05) is 0 Å². The summed E-state index contributed by atoms with van der Waals surface area (Å²) in [6.07, 6.45) is 5.38. The molecule has 1 saturated heterocycles. The Hall–Kier alpha value is -1.74. The van der Waals surface area contributed by atoms with Crippen molar-refractivity contribution in [2.24, 2.45) is 5.92 Å². The predicted octanol–water partition coefficient (Wildman–Crippen LogP) is 4.16. The van der Waals surface area contributed by atoms with Crippen LogP contribution in [0, 0.1) is 5.92 Å². The van der Waals surface area contributed by atoms with E-state index >= 15 is 0 Å². The Morgan fingerprint density at radius 3 is 1.39 bits per heavy atom.